The van der Waals surface area contributed by atoms with E-state index in [1.165, 1.54) is 12.1 Å². The molecule has 1 aliphatic carbocycles. The fourth-order valence-corrected chi connectivity index (χ4v) is 4.61. The standard InChI is InChI=1S/C27H28FNO3/c1-16(2)15-32-27(31)24-17(3)29-22-13-20(18-8-5-4-6-9-18)14-23(30)26(22)25(24)19-10-7-11-21(28)12-19/h4-12,16,20,25,29H,13-15H2,1-3H3/t20-,25+/m0/s1. The lowest BCUT2D eigenvalue weighted by Gasteiger charge is -2.36. The van der Waals surface area contributed by atoms with Gasteiger partial charge in [-0.05, 0) is 48.4 Å². The van der Waals surface area contributed by atoms with Crippen molar-refractivity contribution in [3.8, 4) is 0 Å². The largest absolute Gasteiger partial charge is 0.462 e. The van der Waals surface area contributed by atoms with E-state index in [9.17, 15) is 14.0 Å². The Morgan fingerprint density at radius 1 is 1.09 bits per heavy atom. The number of halogens is 1. The van der Waals surface area contributed by atoms with E-state index in [4.69, 9.17) is 4.74 Å². The topological polar surface area (TPSA) is 55.4 Å². The minimum Gasteiger partial charge on any atom is -0.462 e. The number of hydrogen-bond donors (Lipinski definition) is 1. The van der Waals surface area contributed by atoms with Gasteiger partial charge in [0.25, 0.3) is 0 Å². The minimum absolute atomic E-state index is 0.0245. The lowest BCUT2D eigenvalue weighted by Crippen LogP contribution is -2.36. The third-order valence-electron chi connectivity index (χ3n) is 6.05. The lowest BCUT2D eigenvalue weighted by atomic mass is 9.71. The molecule has 1 heterocycles. The van der Waals surface area contributed by atoms with E-state index >= 15 is 0 Å². The first-order valence-corrected chi connectivity index (χ1v) is 11.1. The van der Waals surface area contributed by atoms with Crippen LogP contribution in [0.5, 0.6) is 0 Å². The van der Waals surface area contributed by atoms with Crippen molar-refractivity contribution >= 4 is 11.8 Å². The molecule has 4 nitrogen and oxygen atoms in total. The molecule has 0 saturated carbocycles. The first kappa shape index (κ1) is 22.0. The number of ether oxygens (including phenoxy) is 1. The van der Waals surface area contributed by atoms with Crippen LogP contribution in [0, 0.1) is 11.7 Å². The molecule has 0 fully saturated rings. The average molecular weight is 434 g/mol. The Kier molecular flexibility index (Phi) is 6.26. The van der Waals surface area contributed by atoms with Crippen molar-refractivity contribution in [2.24, 2.45) is 5.92 Å². The molecule has 1 aliphatic heterocycles. The Morgan fingerprint density at radius 3 is 2.50 bits per heavy atom. The minimum atomic E-state index is -0.647. The van der Waals surface area contributed by atoms with Gasteiger partial charge in [-0.1, -0.05) is 56.3 Å². The maximum atomic E-state index is 14.2. The molecule has 5 heteroatoms. The monoisotopic (exact) mass is 433 g/mol. The molecule has 2 aromatic rings. The van der Waals surface area contributed by atoms with Gasteiger partial charge < -0.3 is 10.1 Å². The van der Waals surface area contributed by atoms with E-state index < -0.39 is 17.7 Å². The predicted octanol–water partition coefficient (Wildman–Crippen LogP) is 5.39. The van der Waals surface area contributed by atoms with Crippen LogP contribution in [0.1, 0.15) is 56.6 Å². The number of ketones is 1. The normalized spacial score (nSPS) is 20.8. The maximum absolute atomic E-state index is 14.2. The number of dihydropyridines is 1. The van der Waals surface area contributed by atoms with Crippen LogP contribution in [-0.4, -0.2) is 18.4 Å². The van der Waals surface area contributed by atoms with Gasteiger partial charge in [-0.15, -0.1) is 0 Å². The molecule has 2 aliphatic rings. The van der Waals surface area contributed by atoms with Crippen molar-refractivity contribution in [1.29, 1.82) is 0 Å². The molecule has 0 spiro atoms. The number of benzene rings is 2. The molecule has 0 bridgehead atoms. The Bertz CT molecular complexity index is 1100. The van der Waals surface area contributed by atoms with Crippen LogP contribution in [0.3, 0.4) is 0 Å². The quantitative estimate of drug-likeness (QED) is 0.643. The van der Waals surface area contributed by atoms with Gasteiger partial charge in [0.1, 0.15) is 5.82 Å². The Labute approximate surface area is 188 Å². The first-order valence-electron chi connectivity index (χ1n) is 11.1. The summed E-state index contributed by atoms with van der Waals surface area (Å²) in [5.41, 5.74) is 4.07. The van der Waals surface area contributed by atoms with Gasteiger partial charge in [0.05, 0.1) is 12.2 Å². The van der Waals surface area contributed by atoms with Crippen LogP contribution in [0.2, 0.25) is 0 Å². The zero-order chi connectivity index (χ0) is 22.8. The number of allylic oxidation sites excluding steroid dienone is 3. The molecule has 0 aromatic heterocycles. The number of carbonyl (C=O) groups is 2. The van der Waals surface area contributed by atoms with Crippen LogP contribution in [0.25, 0.3) is 0 Å². The summed E-state index contributed by atoms with van der Waals surface area (Å²) in [7, 11) is 0. The highest BCUT2D eigenvalue weighted by molar-refractivity contribution is 6.04. The molecule has 166 valence electrons. The molecule has 0 unspecified atom stereocenters. The summed E-state index contributed by atoms with van der Waals surface area (Å²) in [5, 5.41) is 3.33. The van der Waals surface area contributed by atoms with Crippen molar-refractivity contribution in [2.75, 3.05) is 6.61 Å². The summed E-state index contributed by atoms with van der Waals surface area (Å²) in [6, 6.07) is 16.1. The van der Waals surface area contributed by atoms with E-state index in [0.29, 0.717) is 35.2 Å². The Morgan fingerprint density at radius 2 is 1.81 bits per heavy atom. The highest BCUT2D eigenvalue weighted by Crippen LogP contribution is 2.45. The zero-order valence-electron chi connectivity index (χ0n) is 18.7. The fourth-order valence-electron chi connectivity index (χ4n) is 4.61. The molecule has 32 heavy (non-hydrogen) atoms. The fraction of sp³-hybridized carbons (Fsp3) is 0.333. The van der Waals surface area contributed by atoms with Crippen LogP contribution >= 0.6 is 0 Å². The smallest absolute Gasteiger partial charge is 0.336 e. The molecular weight excluding hydrogens is 405 g/mol. The second-order valence-corrected chi connectivity index (χ2v) is 8.98. The summed E-state index contributed by atoms with van der Waals surface area (Å²) in [5.74, 6) is -1.30. The van der Waals surface area contributed by atoms with E-state index in [-0.39, 0.29) is 24.2 Å². The van der Waals surface area contributed by atoms with Gasteiger partial charge in [0.2, 0.25) is 0 Å². The van der Waals surface area contributed by atoms with Gasteiger partial charge in [-0.3, -0.25) is 4.79 Å². The number of rotatable bonds is 5. The summed E-state index contributed by atoms with van der Waals surface area (Å²) in [6.45, 7) is 6.03. The molecule has 0 saturated heterocycles. The van der Waals surface area contributed by atoms with Gasteiger partial charge in [0.15, 0.2) is 5.78 Å². The second kappa shape index (κ2) is 9.11. The van der Waals surface area contributed by atoms with Crippen molar-refractivity contribution in [2.45, 2.75) is 45.4 Å². The van der Waals surface area contributed by atoms with Gasteiger partial charge in [-0.2, -0.15) is 0 Å². The maximum Gasteiger partial charge on any atom is 0.336 e. The van der Waals surface area contributed by atoms with Crippen molar-refractivity contribution in [1.82, 2.24) is 5.32 Å². The van der Waals surface area contributed by atoms with E-state index in [2.05, 4.69) is 5.32 Å². The third-order valence-corrected chi connectivity index (χ3v) is 6.05. The second-order valence-electron chi connectivity index (χ2n) is 8.98. The van der Waals surface area contributed by atoms with E-state index in [0.717, 1.165) is 11.3 Å². The molecule has 0 amide bonds. The van der Waals surface area contributed by atoms with Crippen LogP contribution in [0.4, 0.5) is 4.39 Å². The summed E-state index contributed by atoms with van der Waals surface area (Å²) < 4.78 is 19.7. The van der Waals surface area contributed by atoms with Crippen LogP contribution in [-0.2, 0) is 14.3 Å². The number of hydrogen-bond acceptors (Lipinski definition) is 4. The number of nitrogens with one attached hydrogen (secondary N) is 1. The number of esters is 1. The highest BCUT2D eigenvalue weighted by atomic mass is 19.1. The van der Waals surface area contributed by atoms with Gasteiger partial charge in [-0.25, -0.2) is 9.18 Å². The molecule has 1 N–H and O–H groups in total. The van der Waals surface area contributed by atoms with Crippen molar-refractivity contribution < 1.29 is 18.7 Å². The van der Waals surface area contributed by atoms with Gasteiger partial charge >= 0.3 is 5.97 Å². The zero-order valence-corrected chi connectivity index (χ0v) is 18.7. The molecule has 2 atom stereocenters. The van der Waals surface area contributed by atoms with Crippen LogP contribution in [0.15, 0.2) is 77.1 Å². The number of Topliss-reactive ketones (excluding diaryl/α,β-unsaturated/α-hetero) is 1. The SMILES string of the molecule is CC1=C(C(=O)OCC(C)C)[C@@H](c2cccc(F)c2)C2=C(C[C@H](c3ccccc3)CC2=O)N1. The predicted molar refractivity (Wildman–Crippen MR) is 121 cm³/mol. The van der Waals surface area contributed by atoms with E-state index in [1.54, 1.807) is 12.1 Å². The summed E-state index contributed by atoms with van der Waals surface area (Å²) in [6.07, 6.45) is 1.01. The molecule has 2 aromatic carbocycles. The van der Waals surface area contributed by atoms with Crippen molar-refractivity contribution in [3.05, 3.63) is 94.1 Å². The molecule has 0 radical (unpaired) electrons. The molecular formula is C27H28FNO3. The van der Waals surface area contributed by atoms with E-state index in [1.807, 2.05) is 51.1 Å². The Balaban J connectivity index is 1.77. The van der Waals surface area contributed by atoms with Crippen molar-refractivity contribution in [3.63, 3.8) is 0 Å². The van der Waals surface area contributed by atoms with Gasteiger partial charge in [0, 0.05) is 29.3 Å². The highest BCUT2D eigenvalue weighted by Gasteiger charge is 2.41. The summed E-state index contributed by atoms with van der Waals surface area (Å²) >= 11 is 0. The molecule has 4 rings (SSSR count). The summed E-state index contributed by atoms with van der Waals surface area (Å²) in [4.78, 5) is 26.6. The lowest BCUT2D eigenvalue weighted by molar-refractivity contribution is -0.140. The first-order chi connectivity index (χ1) is 15.3. The van der Waals surface area contributed by atoms with Crippen LogP contribution < -0.4 is 5.32 Å². The Hall–Kier alpha value is -3.21. The average Bonchev–Trinajstić information content (AvgIpc) is 2.77. The third kappa shape index (κ3) is 4.38. The number of carbonyl (C=O) groups excluding carboxylic acids is 2.